The molecule has 0 radical (unpaired) electrons. The Kier molecular flexibility index (Phi) is 5.16. The van der Waals surface area contributed by atoms with Gasteiger partial charge in [0.25, 0.3) is 0 Å². The first kappa shape index (κ1) is 26.8. The van der Waals surface area contributed by atoms with E-state index < -0.39 is 0 Å². The molecule has 11 aromatic rings. The Morgan fingerprint density at radius 2 is 0.900 bits per heavy atom. The predicted octanol–water partition coefficient (Wildman–Crippen LogP) is 11.4. The minimum atomic E-state index is 0.307. The summed E-state index contributed by atoms with van der Waals surface area (Å²) in [7, 11) is 0. The molecule has 4 aromatic heterocycles. The minimum absolute atomic E-state index is 0.307. The van der Waals surface area contributed by atoms with Gasteiger partial charge in [0.15, 0.2) is 0 Å². The van der Waals surface area contributed by atoms with Crippen LogP contribution in [0.5, 0.6) is 0 Å². The molecule has 0 fully saturated rings. The fraction of sp³-hybridized carbons (Fsp3) is 0. The summed E-state index contributed by atoms with van der Waals surface area (Å²) in [5.41, 5.74) is 9.18. The highest BCUT2D eigenvalue weighted by Gasteiger charge is 2.23. The largest absolute Gasteiger partial charge is 0.456 e. The highest BCUT2D eigenvalue weighted by molar-refractivity contribution is 6.18. The third-order valence-electron chi connectivity index (χ3n) is 10.2. The lowest BCUT2D eigenvalue weighted by atomic mass is 10.0. The van der Waals surface area contributed by atoms with Crippen LogP contribution in [0.15, 0.2) is 142 Å². The van der Waals surface area contributed by atoms with Crippen molar-refractivity contribution in [3.8, 4) is 23.5 Å². The van der Waals surface area contributed by atoms with E-state index in [4.69, 9.17) is 8.83 Å². The van der Waals surface area contributed by atoms with Crippen LogP contribution in [-0.2, 0) is 0 Å². The Morgan fingerprint density at radius 1 is 0.400 bits per heavy atom. The summed E-state index contributed by atoms with van der Waals surface area (Å²) in [5, 5.41) is 29.5. The summed E-state index contributed by atoms with van der Waals surface area (Å²) in [6.07, 6.45) is 0. The van der Waals surface area contributed by atoms with E-state index in [0.29, 0.717) is 16.8 Å². The standard InChI is InChI=1S/C44H22N4O2/c45-23-25-17-26(47-36-13-5-1-9-27(36)31-21-43-33(19-39(31)47)29-11-3-7-15-41(29)49-43)18-38(35(25)24-46)48-37-14-6-2-10-28(37)32-22-44-34(20-40(32)48)30-12-4-8-16-42(30)50-44/h1-22H. The number of rotatable bonds is 2. The Morgan fingerprint density at radius 3 is 1.46 bits per heavy atom. The average Bonchev–Trinajstić information content (AvgIpc) is 3.89. The van der Waals surface area contributed by atoms with Crippen molar-refractivity contribution in [2.75, 3.05) is 0 Å². The Hall–Kier alpha value is -7.28. The van der Waals surface area contributed by atoms with Gasteiger partial charge in [-0.25, -0.2) is 0 Å². The van der Waals surface area contributed by atoms with Gasteiger partial charge in [0.1, 0.15) is 34.5 Å². The van der Waals surface area contributed by atoms with Gasteiger partial charge in [-0.15, -0.1) is 0 Å². The van der Waals surface area contributed by atoms with E-state index in [0.717, 1.165) is 93.2 Å². The predicted molar refractivity (Wildman–Crippen MR) is 199 cm³/mol. The maximum atomic E-state index is 10.7. The van der Waals surface area contributed by atoms with E-state index in [1.54, 1.807) is 0 Å². The lowest BCUT2D eigenvalue weighted by Crippen LogP contribution is -2.04. The molecular formula is C44H22N4O2. The maximum absolute atomic E-state index is 10.7. The molecule has 230 valence electrons. The van der Waals surface area contributed by atoms with Crippen LogP contribution < -0.4 is 0 Å². The van der Waals surface area contributed by atoms with Gasteiger partial charge < -0.3 is 18.0 Å². The number of aromatic nitrogens is 2. The molecule has 0 bridgehead atoms. The number of benzene rings is 7. The summed E-state index contributed by atoms with van der Waals surface area (Å²) >= 11 is 0. The van der Waals surface area contributed by atoms with Crippen molar-refractivity contribution in [3.05, 3.63) is 145 Å². The van der Waals surface area contributed by atoms with Crippen molar-refractivity contribution in [2.24, 2.45) is 0 Å². The fourth-order valence-electron chi connectivity index (χ4n) is 8.03. The smallest absolute Gasteiger partial charge is 0.136 e. The van der Waals surface area contributed by atoms with E-state index in [1.807, 2.05) is 72.8 Å². The van der Waals surface area contributed by atoms with Crippen molar-refractivity contribution in [1.29, 1.82) is 10.5 Å². The third-order valence-corrected chi connectivity index (χ3v) is 10.2. The molecule has 7 aromatic carbocycles. The first-order chi connectivity index (χ1) is 24.7. The average molecular weight is 639 g/mol. The van der Waals surface area contributed by atoms with Crippen molar-refractivity contribution in [2.45, 2.75) is 0 Å². The number of nitriles is 2. The molecule has 50 heavy (non-hydrogen) atoms. The molecule has 0 aliphatic rings. The third kappa shape index (κ3) is 3.44. The number of nitrogens with zero attached hydrogens (tertiary/aromatic N) is 4. The molecule has 4 heterocycles. The highest BCUT2D eigenvalue weighted by Crippen LogP contribution is 2.42. The second-order valence-corrected chi connectivity index (χ2v) is 12.7. The van der Waals surface area contributed by atoms with Gasteiger partial charge in [-0.3, -0.25) is 0 Å². The first-order valence-electron chi connectivity index (χ1n) is 16.4. The minimum Gasteiger partial charge on any atom is -0.456 e. The van der Waals surface area contributed by atoms with Crippen LogP contribution in [0, 0.1) is 22.7 Å². The number of para-hydroxylation sites is 4. The van der Waals surface area contributed by atoms with Crippen molar-refractivity contribution in [1.82, 2.24) is 9.13 Å². The van der Waals surface area contributed by atoms with Gasteiger partial charge >= 0.3 is 0 Å². The van der Waals surface area contributed by atoms with Crippen LogP contribution in [0.25, 0.3) is 98.9 Å². The highest BCUT2D eigenvalue weighted by atomic mass is 16.3. The van der Waals surface area contributed by atoms with Crippen LogP contribution in [0.4, 0.5) is 0 Å². The molecule has 0 saturated heterocycles. The topological polar surface area (TPSA) is 83.7 Å². The molecular weight excluding hydrogens is 617 g/mol. The molecule has 0 spiro atoms. The Labute approximate surface area is 283 Å². The van der Waals surface area contributed by atoms with Crippen LogP contribution in [-0.4, -0.2) is 9.13 Å². The van der Waals surface area contributed by atoms with Gasteiger partial charge in [-0.1, -0.05) is 72.8 Å². The molecule has 0 amide bonds. The normalized spacial score (nSPS) is 12.0. The SMILES string of the molecule is N#Cc1cc(-n2c3ccccc3c3cc4oc5ccccc5c4cc32)cc(-n2c3ccccc3c3cc4oc5ccccc5c4cc32)c1C#N. The van der Waals surface area contributed by atoms with Crippen LogP contribution in [0.3, 0.4) is 0 Å². The summed E-state index contributed by atoms with van der Waals surface area (Å²) < 4.78 is 16.9. The quantitative estimate of drug-likeness (QED) is 0.189. The first-order valence-corrected chi connectivity index (χ1v) is 16.4. The van der Waals surface area contributed by atoms with Crippen LogP contribution in [0.2, 0.25) is 0 Å². The molecule has 11 rings (SSSR count). The zero-order chi connectivity index (χ0) is 33.1. The molecule has 0 unspecified atom stereocenters. The molecule has 0 aliphatic heterocycles. The number of hydrogen-bond acceptors (Lipinski definition) is 4. The molecule has 6 nitrogen and oxygen atoms in total. The van der Waals surface area contributed by atoms with Crippen molar-refractivity contribution >= 4 is 87.5 Å². The number of furan rings is 2. The summed E-state index contributed by atoms with van der Waals surface area (Å²) in [4.78, 5) is 0. The molecule has 6 heteroatoms. The molecule has 0 aliphatic carbocycles. The summed E-state index contributed by atoms with van der Waals surface area (Å²) in [6.45, 7) is 0. The monoisotopic (exact) mass is 638 g/mol. The van der Waals surface area contributed by atoms with Crippen molar-refractivity contribution in [3.63, 3.8) is 0 Å². The Balaban J connectivity index is 1.28. The zero-order valence-electron chi connectivity index (χ0n) is 26.3. The molecule has 0 atom stereocenters. The molecule has 0 N–H and O–H groups in total. The van der Waals surface area contributed by atoms with Gasteiger partial charge in [0.2, 0.25) is 0 Å². The number of hydrogen-bond donors (Lipinski definition) is 0. The van der Waals surface area contributed by atoms with E-state index in [1.165, 1.54) is 0 Å². The van der Waals surface area contributed by atoms with Gasteiger partial charge in [-0.05, 0) is 60.7 Å². The van der Waals surface area contributed by atoms with E-state index in [2.05, 4.69) is 81.9 Å². The van der Waals surface area contributed by atoms with Crippen LogP contribution in [0.1, 0.15) is 11.1 Å². The fourth-order valence-corrected chi connectivity index (χ4v) is 8.03. The van der Waals surface area contributed by atoms with Gasteiger partial charge in [0, 0.05) is 48.8 Å². The number of fused-ring (bicyclic) bond motifs is 12. The molecule has 0 saturated carbocycles. The van der Waals surface area contributed by atoms with Gasteiger partial charge in [-0.2, -0.15) is 10.5 Å². The lowest BCUT2D eigenvalue weighted by molar-refractivity contribution is 0.669. The van der Waals surface area contributed by atoms with E-state index in [-0.39, 0.29) is 0 Å². The van der Waals surface area contributed by atoms with Crippen LogP contribution >= 0.6 is 0 Å². The Bertz CT molecular complexity index is 3360. The summed E-state index contributed by atoms with van der Waals surface area (Å²) in [5.74, 6) is 0. The summed E-state index contributed by atoms with van der Waals surface area (Å²) in [6, 6.07) is 49.8. The lowest BCUT2D eigenvalue weighted by Gasteiger charge is -2.15. The van der Waals surface area contributed by atoms with Crippen molar-refractivity contribution < 1.29 is 8.83 Å². The second-order valence-electron chi connectivity index (χ2n) is 12.7. The van der Waals surface area contributed by atoms with Gasteiger partial charge in [0.05, 0.1) is 38.9 Å². The maximum Gasteiger partial charge on any atom is 0.136 e. The second kappa shape index (κ2) is 9.64. The van der Waals surface area contributed by atoms with E-state index in [9.17, 15) is 10.5 Å². The zero-order valence-corrected chi connectivity index (χ0v) is 26.3. The van der Waals surface area contributed by atoms with E-state index >= 15 is 0 Å².